The zero-order valence-corrected chi connectivity index (χ0v) is 5.24. The molecular weight excluding hydrogens is 97.0 g/mol. The van der Waals surface area contributed by atoms with Gasteiger partial charge in [0.2, 0.25) is 5.91 Å². The molecule has 41 valence electrons. The van der Waals surface area contributed by atoms with Crippen LogP contribution in [0.3, 0.4) is 0 Å². The van der Waals surface area contributed by atoms with Gasteiger partial charge in [0.25, 0.3) is 0 Å². The zero-order chi connectivity index (χ0) is 5.11. The van der Waals surface area contributed by atoms with Crippen LogP contribution in [0.4, 0.5) is 0 Å². The summed E-state index contributed by atoms with van der Waals surface area (Å²) in [6.07, 6.45) is 2.97. The molecule has 0 unspecified atom stereocenters. The first-order chi connectivity index (χ1) is 3.39. The standard InChI is InChI=1S/C5H9NO.Li/c7-5-3-1-2-4-6-5;/h1-4H2,(H,6,7);. The summed E-state index contributed by atoms with van der Waals surface area (Å²) in [6.45, 7) is 0.888. The van der Waals surface area contributed by atoms with Gasteiger partial charge in [0.15, 0.2) is 0 Å². The molecule has 1 radical (unpaired) electrons. The molecule has 0 aromatic rings. The van der Waals surface area contributed by atoms with E-state index in [1.165, 1.54) is 0 Å². The molecule has 0 spiro atoms. The van der Waals surface area contributed by atoms with E-state index in [1.54, 1.807) is 0 Å². The van der Waals surface area contributed by atoms with E-state index in [1.807, 2.05) is 0 Å². The van der Waals surface area contributed by atoms with Gasteiger partial charge in [-0.25, -0.2) is 0 Å². The van der Waals surface area contributed by atoms with Crippen LogP contribution in [0.1, 0.15) is 19.3 Å². The Morgan fingerprint density at radius 1 is 1.38 bits per heavy atom. The molecule has 1 amide bonds. The first-order valence-corrected chi connectivity index (χ1v) is 2.66. The number of hydrogen-bond donors (Lipinski definition) is 1. The minimum atomic E-state index is 0. The Bertz CT molecular complexity index is 76.5. The van der Waals surface area contributed by atoms with E-state index < -0.39 is 0 Å². The molecular formula is C5H9LiNO. The predicted octanol–water partition coefficient (Wildman–Crippen LogP) is -0.0943. The fourth-order valence-corrected chi connectivity index (χ4v) is 0.727. The van der Waals surface area contributed by atoms with Gasteiger partial charge in [0.1, 0.15) is 0 Å². The molecule has 1 N–H and O–H groups in total. The summed E-state index contributed by atoms with van der Waals surface area (Å²) in [7, 11) is 0. The molecule has 1 aliphatic heterocycles. The third kappa shape index (κ3) is 2.39. The summed E-state index contributed by atoms with van der Waals surface area (Å²) in [4.78, 5) is 10.4. The molecule has 0 aromatic heterocycles. The number of carbonyl (C=O) groups is 1. The van der Waals surface area contributed by atoms with Crippen LogP contribution in [-0.4, -0.2) is 31.3 Å². The Kier molecular flexibility index (Phi) is 4.03. The summed E-state index contributed by atoms with van der Waals surface area (Å²) in [5.74, 6) is 0.214. The molecule has 1 rings (SSSR count). The Balaban J connectivity index is 0.000000490. The van der Waals surface area contributed by atoms with Crippen molar-refractivity contribution in [3.8, 4) is 0 Å². The number of hydrogen-bond acceptors (Lipinski definition) is 1. The van der Waals surface area contributed by atoms with E-state index in [0.717, 1.165) is 25.8 Å². The largest absolute Gasteiger partial charge is 0.356 e. The van der Waals surface area contributed by atoms with Crippen LogP contribution >= 0.6 is 0 Å². The van der Waals surface area contributed by atoms with Gasteiger partial charge in [0, 0.05) is 31.8 Å². The van der Waals surface area contributed by atoms with Gasteiger partial charge in [-0.1, -0.05) is 0 Å². The van der Waals surface area contributed by atoms with Crippen LogP contribution in [0.25, 0.3) is 0 Å². The van der Waals surface area contributed by atoms with Crippen LogP contribution in [0.5, 0.6) is 0 Å². The van der Waals surface area contributed by atoms with E-state index in [0.29, 0.717) is 0 Å². The van der Waals surface area contributed by atoms with Gasteiger partial charge in [0.05, 0.1) is 0 Å². The van der Waals surface area contributed by atoms with Gasteiger partial charge in [-0.3, -0.25) is 4.79 Å². The fraction of sp³-hybridized carbons (Fsp3) is 0.800. The summed E-state index contributed by atoms with van der Waals surface area (Å²) in [5, 5.41) is 2.74. The summed E-state index contributed by atoms with van der Waals surface area (Å²) >= 11 is 0. The Hall–Kier alpha value is 0.0674. The molecule has 1 aliphatic rings. The first-order valence-electron chi connectivity index (χ1n) is 2.66. The van der Waals surface area contributed by atoms with Crippen molar-refractivity contribution in [2.75, 3.05) is 6.54 Å². The minimum Gasteiger partial charge on any atom is -0.356 e. The molecule has 3 heteroatoms. The quantitative estimate of drug-likeness (QED) is 0.429. The van der Waals surface area contributed by atoms with Gasteiger partial charge in [-0.2, -0.15) is 0 Å². The molecule has 0 saturated carbocycles. The van der Waals surface area contributed by atoms with Gasteiger partial charge < -0.3 is 5.32 Å². The summed E-state index contributed by atoms with van der Waals surface area (Å²) in [6, 6.07) is 0. The van der Waals surface area contributed by atoms with Gasteiger partial charge >= 0.3 is 0 Å². The first kappa shape index (κ1) is 8.07. The molecule has 1 saturated heterocycles. The predicted molar refractivity (Wildman–Crippen MR) is 32.6 cm³/mol. The smallest absolute Gasteiger partial charge is 0.219 e. The molecule has 0 bridgehead atoms. The number of rotatable bonds is 0. The Morgan fingerprint density at radius 3 is 2.38 bits per heavy atom. The fourth-order valence-electron chi connectivity index (χ4n) is 0.727. The van der Waals surface area contributed by atoms with Crippen molar-refractivity contribution in [1.29, 1.82) is 0 Å². The third-order valence-electron chi connectivity index (χ3n) is 1.15. The SMILES string of the molecule is O=C1CCCCN1.[Li]. The van der Waals surface area contributed by atoms with Crippen molar-refractivity contribution in [2.45, 2.75) is 19.3 Å². The van der Waals surface area contributed by atoms with Crippen LogP contribution in [0, 0.1) is 0 Å². The Labute approximate surface area is 61.2 Å². The maximum Gasteiger partial charge on any atom is 0.219 e. The summed E-state index contributed by atoms with van der Waals surface area (Å²) in [5.41, 5.74) is 0. The molecule has 2 nitrogen and oxygen atoms in total. The average molecular weight is 106 g/mol. The number of nitrogens with one attached hydrogen (secondary N) is 1. The second-order valence-corrected chi connectivity index (χ2v) is 1.81. The van der Waals surface area contributed by atoms with Crippen LogP contribution < -0.4 is 5.32 Å². The zero-order valence-electron chi connectivity index (χ0n) is 5.24. The van der Waals surface area contributed by atoms with Crippen molar-refractivity contribution in [3.63, 3.8) is 0 Å². The summed E-state index contributed by atoms with van der Waals surface area (Å²) < 4.78 is 0. The van der Waals surface area contributed by atoms with Gasteiger partial charge in [-0.05, 0) is 12.8 Å². The molecule has 1 heterocycles. The Morgan fingerprint density at radius 2 is 2.12 bits per heavy atom. The normalized spacial score (nSPS) is 18.8. The van der Waals surface area contributed by atoms with Crippen molar-refractivity contribution in [1.82, 2.24) is 5.32 Å². The van der Waals surface area contributed by atoms with Crippen LogP contribution in [-0.2, 0) is 4.79 Å². The van der Waals surface area contributed by atoms with E-state index in [-0.39, 0.29) is 24.8 Å². The molecule has 8 heavy (non-hydrogen) atoms. The van der Waals surface area contributed by atoms with Crippen molar-refractivity contribution >= 4 is 24.8 Å². The van der Waals surface area contributed by atoms with E-state index >= 15 is 0 Å². The molecule has 0 aliphatic carbocycles. The third-order valence-corrected chi connectivity index (χ3v) is 1.15. The van der Waals surface area contributed by atoms with Gasteiger partial charge in [-0.15, -0.1) is 0 Å². The second kappa shape index (κ2) is 4.00. The van der Waals surface area contributed by atoms with Crippen LogP contribution in [0.15, 0.2) is 0 Å². The molecule has 0 atom stereocenters. The minimum absolute atomic E-state index is 0. The van der Waals surface area contributed by atoms with Crippen molar-refractivity contribution < 1.29 is 4.79 Å². The number of piperidine rings is 1. The van der Waals surface area contributed by atoms with Crippen molar-refractivity contribution in [3.05, 3.63) is 0 Å². The van der Waals surface area contributed by atoms with E-state index in [2.05, 4.69) is 5.32 Å². The second-order valence-electron chi connectivity index (χ2n) is 1.81. The average Bonchev–Trinajstić information content (AvgIpc) is 1.69. The molecule has 1 fully saturated rings. The monoisotopic (exact) mass is 106 g/mol. The molecule has 0 aromatic carbocycles. The van der Waals surface area contributed by atoms with E-state index in [9.17, 15) is 4.79 Å². The topological polar surface area (TPSA) is 29.1 Å². The van der Waals surface area contributed by atoms with E-state index in [4.69, 9.17) is 0 Å². The maximum absolute atomic E-state index is 10.4. The van der Waals surface area contributed by atoms with Crippen LogP contribution in [0.2, 0.25) is 0 Å². The van der Waals surface area contributed by atoms with Crippen molar-refractivity contribution in [2.24, 2.45) is 0 Å². The number of carbonyl (C=O) groups excluding carboxylic acids is 1. The maximum atomic E-state index is 10.4. The number of amides is 1.